The van der Waals surface area contributed by atoms with E-state index in [-0.39, 0.29) is 24.8 Å². The molecular weight excluding hydrogens is 484 g/mol. The highest BCUT2D eigenvalue weighted by molar-refractivity contribution is 6.32. The summed E-state index contributed by atoms with van der Waals surface area (Å²) in [5, 5.41) is 16.0. The Morgan fingerprint density at radius 3 is 2.83 bits per heavy atom. The molecule has 3 N–H and O–H groups in total. The minimum absolute atomic E-state index is 0.174. The summed E-state index contributed by atoms with van der Waals surface area (Å²) in [6.45, 7) is 1.74. The van der Waals surface area contributed by atoms with Crippen molar-refractivity contribution in [3.05, 3.63) is 46.2 Å². The highest BCUT2D eigenvalue weighted by Gasteiger charge is 2.55. The quantitative estimate of drug-likeness (QED) is 0.345. The van der Waals surface area contributed by atoms with Gasteiger partial charge in [0.1, 0.15) is 11.9 Å². The number of pyridine rings is 2. The van der Waals surface area contributed by atoms with Crippen molar-refractivity contribution in [2.45, 2.75) is 62.8 Å². The number of nitrogens with zero attached hydrogens (tertiary/aromatic N) is 2. The average Bonchev–Trinajstić information content (AvgIpc) is 3.68. The Morgan fingerprint density at radius 2 is 2.08 bits per heavy atom. The van der Waals surface area contributed by atoms with E-state index in [9.17, 15) is 14.7 Å². The number of halogens is 1. The zero-order valence-corrected chi connectivity index (χ0v) is 21.3. The van der Waals surface area contributed by atoms with Gasteiger partial charge in [0.2, 0.25) is 11.8 Å². The van der Waals surface area contributed by atoms with Crippen molar-refractivity contribution in [3.63, 3.8) is 0 Å². The summed E-state index contributed by atoms with van der Waals surface area (Å²) in [4.78, 5) is 33.7. The molecular formula is C26H33ClN4O5. The summed E-state index contributed by atoms with van der Waals surface area (Å²) in [6, 6.07) is 4.80. The minimum atomic E-state index is -1.10. The highest BCUT2D eigenvalue weighted by atomic mass is 35.5. The molecule has 0 saturated heterocycles. The van der Waals surface area contributed by atoms with Crippen molar-refractivity contribution in [3.8, 4) is 5.88 Å². The Hall–Kier alpha value is -2.91. The first kappa shape index (κ1) is 26.2. The maximum absolute atomic E-state index is 13.1. The lowest BCUT2D eigenvalue weighted by atomic mass is 9.95. The smallest absolute Gasteiger partial charge is 0.326 e. The van der Waals surface area contributed by atoms with Crippen LogP contribution in [0.4, 0.5) is 5.82 Å². The van der Waals surface area contributed by atoms with Gasteiger partial charge in [-0.1, -0.05) is 17.7 Å². The predicted molar refractivity (Wildman–Crippen MR) is 136 cm³/mol. The normalized spacial score (nSPS) is 16.4. The number of ether oxygens (including phenoxy) is 2. The van der Waals surface area contributed by atoms with Gasteiger partial charge in [-0.2, -0.15) is 0 Å². The van der Waals surface area contributed by atoms with Gasteiger partial charge in [-0.3, -0.25) is 4.79 Å². The number of carbonyl (C=O) groups excluding carboxylic acids is 1. The standard InChI is InChI=1S/C26H33ClN4O5/c1-35-23-21(19(27)9-14-29-23)26(11-12-26)25(34)31-20(24(32)33)10-16-36-15-3-2-6-18-8-7-17-5-4-13-28-22(17)30-18/h7-9,14,20H,2-6,10-13,15-16H2,1H3,(H,28,30)(H,31,34)(H,32,33)/t20-/m0/s1. The monoisotopic (exact) mass is 516 g/mol. The molecule has 2 aromatic rings. The topological polar surface area (TPSA) is 123 Å². The number of fused-ring (bicyclic) bond motifs is 1. The van der Waals surface area contributed by atoms with E-state index in [0.29, 0.717) is 30.0 Å². The Morgan fingerprint density at radius 1 is 1.25 bits per heavy atom. The van der Waals surface area contributed by atoms with Crippen molar-refractivity contribution in [1.29, 1.82) is 0 Å². The van der Waals surface area contributed by atoms with Crippen LogP contribution in [0.3, 0.4) is 0 Å². The van der Waals surface area contributed by atoms with Crippen molar-refractivity contribution < 1.29 is 24.2 Å². The number of anilines is 1. The number of aliphatic carboxylic acids is 1. The summed E-state index contributed by atoms with van der Waals surface area (Å²) >= 11 is 6.35. The van der Waals surface area contributed by atoms with Crippen LogP contribution in [-0.4, -0.2) is 59.9 Å². The number of carboxylic acids is 1. The Labute approximate surface area is 216 Å². The van der Waals surface area contributed by atoms with E-state index < -0.39 is 17.4 Å². The molecule has 0 unspecified atom stereocenters. The number of methoxy groups -OCH3 is 1. The number of nitrogens with one attached hydrogen (secondary N) is 2. The van der Waals surface area contributed by atoms with Crippen molar-refractivity contribution >= 4 is 29.3 Å². The largest absolute Gasteiger partial charge is 0.481 e. The van der Waals surface area contributed by atoms with E-state index in [1.54, 1.807) is 6.07 Å². The molecule has 1 aliphatic heterocycles. The molecule has 1 saturated carbocycles. The third-order valence-electron chi connectivity index (χ3n) is 6.80. The van der Waals surface area contributed by atoms with Crippen LogP contribution in [0.15, 0.2) is 24.4 Å². The van der Waals surface area contributed by atoms with E-state index in [1.807, 2.05) is 0 Å². The zero-order chi connectivity index (χ0) is 25.5. The lowest BCUT2D eigenvalue weighted by Gasteiger charge is -2.22. The number of unbranched alkanes of at least 4 members (excludes halogenated alkanes) is 1. The van der Waals surface area contributed by atoms with Gasteiger partial charge in [-0.05, 0) is 62.6 Å². The Balaban J connectivity index is 1.20. The van der Waals surface area contributed by atoms with Gasteiger partial charge in [-0.15, -0.1) is 0 Å². The molecule has 0 aromatic carbocycles. The summed E-state index contributed by atoms with van der Waals surface area (Å²) in [6.07, 6.45) is 7.66. The second-order valence-electron chi connectivity index (χ2n) is 9.32. The molecule has 4 rings (SSSR count). The molecule has 2 aromatic heterocycles. The van der Waals surface area contributed by atoms with Crippen LogP contribution in [0, 0.1) is 0 Å². The average molecular weight is 517 g/mol. The second kappa shape index (κ2) is 11.9. The van der Waals surface area contributed by atoms with E-state index >= 15 is 0 Å². The molecule has 0 radical (unpaired) electrons. The fraction of sp³-hybridized carbons (Fsp3) is 0.538. The van der Waals surface area contributed by atoms with E-state index in [1.165, 1.54) is 18.9 Å². The van der Waals surface area contributed by atoms with Crippen LogP contribution in [0.2, 0.25) is 5.02 Å². The number of carbonyl (C=O) groups is 2. The summed E-state index contributed by atoms with van der Waals surface area (Å²) in [7, 11) is 1.47. The maximum Gasteiger partial charge on any atom is 0.326 e. The lowest BCUT2D eigenvalue weighted by molar-refractivity contribution is -0.142. The first-order valence-electron chi connectivity index (χ1n) is 12.5. The van der Waals surface area contributed by atoms with Crippen LogP contribution in [-0.2, 0) is 32.6 Å². The number of aromatic nitrogens is 2. The van der Waals surface area contributed by atoms with Crippen LogP contribution in [0.1, 0.15) is 55.3 Å². The molecule has 10 heteroatoms. The SMILES string of the molecule is COc1nccc(Cl)c1C1(C(=O)N[C@@H](CCOCCCCc2ccc3c(n2)NCCC3)C(=O)O)CC1. The second-order valence-corrected chi connectivity index (χ2v) is 9.73. The van der Waals surface area contributed by atoms with Crippen molar-refractivity contribution in [1.82, 2.24) is 15.3 Å². The molecule has 2 aliphatic rings. The van der Waals surface area contributed by atoms with Gasteiger partial charge in [0.25, 0.3) is 0 Å². The van der Waals surface area contributed by atoms with Gasteiger partial charge in [0.05, 0.1) is 17.5 Å². The zero-order valence-electron chi connectivity index (χ0n) is 20.5. The molecule has 3 heterocycles. The van der Waals surface area contributed by atoms with Crippen LogP contribution in [0.5, 0.6) is 5.88 Å². The van der Waals surface area contributed by atoms with E-state index in [2.05, 4.69) is 27.8 Å². The number of amides is 1. The Kier molecular flexibility index (Phi) is 8.64. The molecule has 0 spiro atoms. The number of carboxylic acid groups (broad SMARTS) is 1. The van der Waals surface area contributed by atoms with Gasteiger partial charge >= 0.3 is 5.97 Å². The first-order chi connectivity index (χ1) is 17.4. The van der Waals surface area contributed by atoms with Gasteiger partial charge < -0.3 is 25.2 Å². The summed E-state index contributed by atoms with van der Waals surface area (Å²) in [5.41, 5.74) is 1.95. The number of rotatable bonds is 13. The van der Waals surface area contributed by atoms with Crippen molar-refractivity contribution in [2.75, 3.05) is 32.2 Å². The molecule has 1 aliphatic carbocycles. The highest BCUT2D eigenvalue weighted by Crippen LogP contribution is 2.53. The van der Waals surface area contributed by atoms with Crippen LogP contribution >= 0.6 is 11.6 Å². The molecule has 1 fully saturated rings. The van der Waals surface area contributed by atoms with Crippen LogP contribution < -0.4 is 15.4 Å². The van der Waals surface area contributed by atoms with Gasteiger partial charge in [0.15, 0.2) is 0 Å². The number of hydrogen-bond donors (Lipinski definition) is 3. The summed E-state index contributed by atoms with van der Waals surface area (Å²) in [5.74, 6) is -0.185. The van der Waals surface area contributed by atoms with E-state index in [0.717, 1.165) is 50.2 Å². The van der Waals surface area contributed by atoms with E-state index in [4.69, 9.17) is 26.1 Å². The summed E-state index contributed by atoms with van der Waals surface area (Å²) < 4.78 is 11.0. The predicted octanol–water partition coefficient (Wildman–Crippen LogP) is 3.53. The molecule has 36 heavy (non-hydrogen) atoms. The number of aryl methyl sites for hydroxylation is 2. The third kappa shape index (κ3) is 6.07. The van der Waals surface area contributed by atoms with Crippen LogP contribution in [0.25, 0.3) is 0 Å². The molecule has 1 atom stereocenters. The van der Waals surface area contributed by atoms with Gasteiger partial charge in [0, 0.05) is 43.6 Å². The maximum atomic E-state index is 13.1. The third-order valence-corrected chi connectivity index (χ3v) is 7.11. The van der Waals surface area contributed by atoms with Crippen molar-refractivity contribution in [2.24, 2.45) is 0 Å². The molecule has 1 amide bonds. The molecule has 0 bridgehead atoms. The Bertz CT molecular complexity index is 1090. The van der Waals surface area contributed by atoms with Gasteiger partial charge in [-0.25, -0.2) is 14.8 Å². The minimum Gasteiger partial charge on any atom is -0.481 e. The fourth-order valence-corrected chi connectivity index (χ4v) is 4.92. The fourth-order valence-electron chi connectivity index (χ4n) is 4.60. The lowest BCUT2D eigenvalue weighted by Crippen LogP contribution is -2.46. The molecule has 194 valence electrons. The number of hydrogen-bond acceptors (Lipinski definition) is 7. The molecule has 9 nitrogen and oxygen atoms in total. The first-order valence-corrected chi connectivity index (χ1v) is 12.9.